The fourth-order valence-electron chi connectivity index (χ4n) is 3.42. The molecular weight excluding hydrogens is 276 g/mol. The quantitative estimate of drug-likeness (QED) is 0.633. The highest BCUT2D eigenvalue weighted by Crippen LogP contribution is 2.37. The molecule has 0 amide bonds. The van der Waals surface area contributed by atoms with Crippen LogP contribution >= 0.6 is 12.6 Å². The predicted molar refractivity (Wildman–Crippen MR) is 91.7 cm³/mol. The van der Waals surface area contributed by atoms with E-state index in [-0.39, 0.29) is 0 Å². The van der Waals surface area contributed by atoms with E-state index in [2.05, 4.69) is 58.9 Å². The molecule has 0 atom stereocenters. The second-order valence-electron chi connectivity index (χ2n) is 6.36. The maximum absolute atomic E-state index is 4.66. The molecule has 0 bridgehead atoms. The number of hydrogen-bond donors (Lipinski definition) is 1. The van der Waals surface area contributed by atoms with Crippen molar-refractivity contribution in [2.45, 2.75) is 45.1 Å². The minimum atomic E-state index is 0.333. The van der Waals surface area contributed by atoms with E-state index in [1.807, 2.05) is 6.20 Å². The average molecular weight is 300 g/mol. The molecule has 1 aliphatic rings. The van der Waals surface area contributed by atoms with Gasteiger partial charge >= 0.3 is 0 Å². The normalized spacial score (nSPS) is 18.3. The second kappa shape index (κ2) is 6.69. The van der Waals surface area contributed by atoms with Crippen LogP contribution in [0, 0.1) is 5.41 Å². The molecule has 1 aromatic carbocycles. The molecule has 0 spiro atoms. The summed E-state index contributed by atoms with van der Waals surface area (Å²) in [6.07, 6.45) is 12.2. The van der Waals surface area contributed by atoms with Gasteiger partial charge in [0.05, 0.1) is 6.20 Å². The molecule has 1 aliphatic carbocycles. The summed E-state index contributed by atoms with van der Waals surface area (Å²) in [7, 11) is 0. The molecule has 3 heteroatoms. The van der Waals surface area contributed by atoms with Crippen LogP contribution < -0.4 is 0 Å². The van der Waals surface area contributed by atoms with E-state index in [0.717, 1.165) is 12.3 Å². The van der Waals surface area contributed by atoms with Crippen molar-refractivity contribution in [2.75, 3.05) is 5.75 Å². The summed E-state index contributed by atoms with van der Waals surface area (Å²) in [6.45, 7) is 1.00. The first-order valence-electron chi connectivity index (χ1n) is 8.00. The Bertz CT molecular complexity index is 554. The summed E-state index contributed by atoms with van der Waals surface area (Å²) >= 11 is 4.66. The lowest BCUT2D eigenvalue weighted by molar-refractivity contribution is 0.230. The molecule has 3 rings (SSSR count). The van der Waals surface area contributed by atoms with Crippen molar-refractivity contribution in [3.05, 3.63) is 42.7 Å². The third-order valence-corrected chi connectivity index (χ3v) is 5.41. The van der Waals surface area contributed by atoms with Gasteiger partial charge in [-0.1, -0.05) is 56.0 Å². The number of thiol groups is 1. The van der Waals surface area contributed by atoms with Gasteiger partial charge in [0.25, 0.3) is 0 Å². The fraction of sp³-hybridized carbons (Fsp3) is 0.500. The van der Waals surface area contributed by atoms with Gasteiger partial charge in [-0.05, 0) is 29.6 Å². The fourth-order valence-corrected chi connectivity index (χ4v) is 3.83. The van der Waals surface area contributed by atoms with Crippen molar-refractivity contribution in [3.63, 3.8) is 0 Å². The lowest BCUT2D eigenvalue weighted by Gasteiger charge is -2.31. The SMILES string of the molecule is SCC1(Cn2cc(-c3ccccc3)cn2)CCCCCC1. The van der Waals surface area contributed by atoms with Gasteiger partial charge in [-0.3, -0.25) is 4.68 Å². The predicted octanol–water partition coefficient (Wildman–Crippen LogP) is 4.82. The van der Waals surface area contributed by atoms with Crippen LogP contribution in [0.2, 0.25) is 0 Å². The van der Waals surface area contributed by atoms with Crippen LogP contribution in [0.5, 0.6) is 0 Å². The molecule has 21 heavy (non-hydrogen) atoms. The summed E-state index contributed by atoms with van der Waals surface area (Å²) < 4.78 is 2.13. The maximum atomic E-state index is 4.66. The number of rotatable bonds is 4. The third kappa shape index (κ3) is 3.52. The number of hydrogen-bond acceptors (Lipinski definition) is 2. The molecule has 0 saturated heterocycles. The summed E-state index contributed by atoms with van der Waals surface area (Å²) in [5, 5.41) is 4.59. The molecule has 1 saturated carbocycles. The van der Waals surface area contributed by atoms with E-state index in [1.165, 1.54) is 49.7 Å². The highest BCUT2D eigenvalue weighted by Gasteiger charge is 2.30. The van der Waals surface area contributed by atoms with E-state index < -0.39 is 0 Å². The number of benzene rings is 1. The molecule has 0 radical (unpaired) electrons. The van der Waals surface area contributed by atoms with Gasteiger partial charge in [-0.2, -0.15) is 17.7 Å². The van der Waals surface area contributed by atoms with Crippen molar-refractivity contribution in [3.8, 4) is 11.1 Å². The Morgan fingerprint density at radius 3 is 2.38 bits per heavy atom. The van der Waals surface area contributed by atoms with Crippen LogP contribution in [-0.4, -0.2) is 15.5 Å². The van der Waals surface area contributed by atoms with Crippen molar-refractivity contribution >= 4 is 12.6 Å². The Morgan fingerprint density at radius 1 is 1.00 bits per heavy atom. The molecular formula is C18H24N2S. The molecule has 0 N–H and O–H groups in total. The van der Waals surface area contributed by atoms with Gasteiger partial charge in [-0.25, -0.2) is 0 Å². The standard InChI is InChI=1S/C18H24N2S/c21-15-18(10-6-1-2-7-11-18)14-20-13-17(12-19-20)16-8-4-3-5-9-16/h3-5,8-9,12-13,21H,1-2,6-7,10-11,14-15H2. The van der Waals surface area contributed by atoms with Crippen LogP contribution in [0.25, 0.3) is 11.1 Å². The van der Waals surface area contributed by atoms with Crippen LogP contribution in [0.15, 0.2) is 42.7 Å². The molecule has 2 nitrogen and oxygen atoms in total. The monoisotopic (exact) mass is 300 g/mol. The largest absolute Gasteiger partial charge is 0.272 e. The van der Waals surface area contributed by atoms with Crippen molar-refractivity contribution in [1.82, 2.24) is 9.78 Å². The Labute approximate surface area is 133 Å². The topological polar surface area (TPSA) is 17.8 Å². The minimum absolute atomic E-state index is 0.333. The van der Waals surface area contributed by atoms with Crippen LogP contribution in [-0.2, 0) is 6.54 Å². The molecule has 1 fully saturated rings. The van der Waals surface area contributed by atoms with E-state index in [4.69, 9.17) is 0 Å². The van der Waals surface area contributed by atoms with Crippen LogP contribution in [0.4, 0.5) is 0 Å². The van der Waals surface area contributed by atoms with Gasteiger partial charge in [0.15, 0.2) is 0 Å². The average Bonchev–Trinajstić information content (AvgIpc) is 2.86. The molecule has 1 aromatic heterocycles. The first kappa shape index (κ1) is 14.7. The molecule has 2 aromatic rings. The van der Waals surface area contributed by atoms with E-state index in [0.29, 0.717) is 5.41 Å². The van der Waals surface area contributed by atoms with Gasteiger partial charge in [-0.15, -0.1) is 0 Å². The summed E-state index contributed by atoms with van der Waals surface area (Å²) in [6, 6.07) is 10.5. The van der Waals surface area contributed by atoms with Gasteiger partial charge < -0.3 is 0 Å². The first-order valence-corrected chi connectivity index (χ1v) is 8.63. The Morgan fingerprint density at radius 2 is 1.71 bits per heavy atom. The van der Waals surface area contributed by atoms with Gasteiger partial charge in [0.1, 0.15) is 0 Å². The van der Waals surface area contributed by atoms with E-state index in [9.17, 15) is 0 Å². The first-order chi connectivity index (χ1) is 10.3. The third-order valence-electron chi connectivity index (χ3n) is 4.74. The van der Waals surface area contributed by atoms with Crippen LogP contribution in [0.1, 0.15) is 38.5 Å². The number of nitrogens with zero attached hydrogens (tertiary/aromatic N) is 2. The van der Waals surface area contributed by atoms with Crippen molar-refractivity contribution in [1.29, 1.82) is 0 Å². The lowest BCUT2D eigenvalue weighted by atomic mass is 9.82. The van der Waals surface area contributed by atoms with Crippen molar-refractivity contribution in [2.24, 2.45) is 5.41 Å². The lowest BCUT2D eigenvalue weighted by Crippen LogP contribution is -2.28. The van der Waals surface area contributed by atoms with Crippen molar-refractivity contribution < 1.29 is 0 Å². The Balaban J connectivity index is 1.76. The summed E-state index contributed by atoms with van der Waals surface area (Å²) in [5.41, 5.74) is 2.78. The molecule has 1 heterocycles. The zero-order chi connectivity index (χ0) is 14.5. The summed E-state index contributed by atoms with van der Waals surface area (Å²) in [5.74, 6) is 0.966. The second-order valence-corrected chi connectivity index (χ2v) is 6.68. The molecule has 0 unspecified atom stereocenters. The van der Waals surface area contributed by atoms with Crippen LogP contribution in [0.3, 0.4) is 0 Å². The highest BCUT2D eigenvalue weighted by molar-refractivity contribution is 7.80. The smallest absolute Gasteiger partial charge is 0.0568 e. The van der Waals surface area contributed by atoms with E-state index in [1.54, 1.807) is 0 Å². The molecule has 112 valence electrons. The maximum Gasteiger partial charge on any atom is 0.0568 e. The van der Waals surface area contributed by atoms with Gasteiger partial charge in [0.2, 0.25) is 0 Å². The zero-order valence-electron chi connectivity index (χ0n) is 12.5. The Hall–Kier alpha value is -1.22. The Kier molecular flexibility index (Phi) is 4.69. The number of aromatic nitrogens is 2. The zero-order valence-corrected chi connectivity index (χ0v) is 13.4. The molecule has 0 aliphatic heterocycles. The minimum Gasteiger partial charge on any atom is -0.272 e. The van der Waals surface area contributed by atoms with Gasteiger partial charge in [0, 0.05) is 18.3 Å². The van der Waals surface area contributed by atoms with E-state index >= 15 is 0 Å². The summed E-state index contributed by atoms with van der Waals surface area (Å²) in [4.78, 5) is 0. The highest BCUT2D eigenvalue weighted by atomic mass is 32.1.